The SMILES string of the molecule is CC(CCN)c1cccc(C=O)c1.CNc1ccc(F)cc1. The van der Waals surface area contributed by atoms with Gasteiger partial charge in [0.1, 0.15) is 12.1 Å². The number of carbonyl (C=O) groups excluding carboxylic acids is 1. The van der Waals surface area contributed by atoms with E-state index < -0.39 is 0 Å². The van der Waals surface area contributed by atoms with Crippen LogP contribution in [0.1, 0.15) is 35.2 Å². The Hall–Kier alpha value is -2.20. The van der Waals surface area contributed by atoms with Crippen LogP contribution in [0.2, 0.25) is 0 Å². The average molecular weight is 302 g/mol. The zero-order valence-electron chi connectivity index (χ0n) is 13.1. The summed E-state index contributed by atoms with van der Waals surface area (Å²) in [5.74, 6) is 0.235. The summed E-state index contributed by atoms with van der Waals surface area (Å²) < 4.78 is 12.2. The van der Waals surface area contributed by atoms with Gasteiger partial charge in [0.25, 0.3) is 0 Å². The second-order valence-corrected chi connectivity index (χ2v) is 5.02. The zero-order chi connectivity index (χ0) is 16.4. The summed E-state index contributed by atoms with van der Waals surface area (Å²) >= 11 is 0. The number of rotatable bonds is 5. The number of anilines is 1. The van der Waals surface area contributed by atoms with E-state index in [-0.39, 0.29) is 5.82 Å². The number of nitrogens with two attached hydrogens (primary N) is 1. The lowest BCUT2D eigenvalue weighted by Gasteiger charge is -2.10. The second kappa shape index (κ2) is 9.68. The molecule has 1 atom stereocenters. The van der Waals surface area contributed by atoms with Crippen molar-refractivity contribution in [2.75, 3.05) is 18.9 Å². The number of nitrogens with one attached hydrogen (secondary N) is 1. The maximum atomic E-state index is 12.2. The van der Waals surface area contributed by atoms with Crippen molar-refractivity contribution >= 4 is 12.0 Å². The minimum atomic E-state index is -0.200. The van der Waals surface area contributed by atoms with Gasteiger partial charge >= 0.3 is 0 Å². The maximum absolute atomic E-state index is 12.2. The first kappa shape index (κ1) is 17.9. The highest BCUT2D eigenvalue weighted by Crippen LogP contribution is 2.18. The predicted molar refractivity (Wildman–Crippen MR) is 89.9 cm³/mol. The Bertz CT molecular complexity index is 570. The van der Waals surface area contributed by atoms with E-state index in [1.54, 1.807) is 19.2 Å². The number of carbonyl (C=O) groups is 1. The molecule has 3 N–H and O–H groups in total. The lowest BCUT2D eigenvalue weighted by molar-refractivity contribution is 0.112. The first-order valence-corrected chi connectivity index (χ1v) is 7.29. The molecule has 0 spiro atoms. The van der Waals surface area contributed by atoms with Gasteiger partial charge in [0.2, 0.25) is 0 Å². The standard InChI is InChI=1S/C11H15NO.C7H8FN/c1-9(5-6-12)11-4-2-3-10(7-11)8-13;1-9-7-4-2-6(8)3-5-7/h2-4,7-9H,5-6,12H2,1H3;2-5,9H,1H3. The third kappa shape index (κ3) is 6.06. The van der Waals surface area contributed by atoms with E-state index in [0.29, 0.717) is 12.5 Å². The van der Waals surface area contributed by atoms with Gasteiger partial charge in [-0.25, -0.2) is 4.39 Å². The molecule has 0 amide bonds. The Morgan fingerprint density at radius 3 is 2.45 bits per heavy atom. The molecule has 118 valence electrons. The fraction of sp³-hybridized carbons (Fsp3) is 0.278. The predicted octanol–water partition coefficient (Wildman–Crippen LogP) is 3.82. The molecule has 0 aliphatic carbocycles. The van der Waals surface area contributed by atoms with Crippen LogP contribution in [0.4, 0.5) is 10.1 Å². The van der Waals surface area contributed by atoms with Crippen LogP contribution in [0, 0.1) is 5.82 Å². The fourth-order valence-electron chi connectivity index (χ4n) is 1.97. The third-order valence-electron chi connectivity index (χ3n) is 3.35. The van der Waals surface area contributed by atoms with Crippen molar-refractivity contribution in [3.05, 3.63) is 65.5 Å². The van der Waals surface area contributed by atoms with Gasteiger partial charge in [-0.3, -0.25) is 4.79 Å². The van der Waals surface area contributed by atoms with Gasteiger partial charge in [0.05, 0.1) is 0 Å². The molecule has 0 saturated heterocycles. The second-order valence-electron chi connectivity index (χ2n) is 5.02. The highest BCUT2D eigenvalue weighted by Gasteiger charge is 2.04. The molecule has 0 saturated carbocycles. The Morgan fingerprint density at radius 1 is 1.23 bits per heavy atom. The van der Waals surface area contributed by atoms with Crippen LogP contribution in [0.25, 0.3) is 0 Å². The summed E-state index contributed by atoms with van der Waals surface area (Å²) in [6, 6.07) is 13.9. The molecule has 22 heavy (non-hydrogen) atoms. The lowest BCUT2D eigenvalue weighted by atomic mass is 9.96. The smallest absolute Gasteiger partial charge is 0.150 e. The Morgan fingerprint density at radius 2 is 1.91 bits per heavy atom. The summed E-state index contributed by atoms with van der Waals surface area (Å²) in [4.78, 5) is 10.5. The third-order valence-corrected chi connectivity index (χ3v) is 3.35. The Kier molecular flexibility index (Phi) is 7.86. The van der Waals surface area contributed by atoms with Crippen LogP contribution in [0.5, 0.6) is 0 Å². The summed E-state index contributed by atoms with van der Waals surface area (Å²) in [7, 11) is 1.80. The van der Waals surface area contributed by atoms with Gasteiger partial charge in [-0.1, -0.05) is 25.1 Å². The number of halogens is 1. The number of benzene rings is 2. The topological polar surface area (TPSA) is 55.1 Å². The van der Waals surface area contributed by atoms with Crippen molar-refractivity contribution in [1.29, 1.82) is 0 Å². The van der Waals surface area contributed by atoms with Crippen molar-refractivity contribution in [3.8, 4) is 0 Å². The molecular weight excluding hydrogens is 279 g/mol. The molecule has 0 fully saturated rings. The highest BCUT2D eigenvalue weighted by molar-refractivity contribution is 5.75. The van der Waals surface area contributed by atoms with Crippen LogP contribution in [0.15, 0.2) is 48.5 Å². The van der Waals surface area contributed by atoms with Crippen LogP contribution in [-0.2, 0) is 0 Å². The number of aldehydes is 1. The molecule has 1 unspecified atom stereocenters. The minimum absolute atomic E-state index is 0.200. The van der Waals surface area contributed by atoms with Crippen molar-refractivity contribution < 1.29 is 9.18 Å². The van der Waals surface area contributed by atoms with E-state index in [9.17, 15) is 9.18 Å². The molecule has 2 aromatic rings. The van der Waals surface area contributed by atoms with Crippen molar-refractivity contribution in [3.63, 3.8) is 0 Å². The molecule has 0 radical (unpaired) electrons. The lowest BCUT2D eigenvalue weighted by Crippen LogP contribution is -2.04. The molecule has 0 bridgehead atoms. The normalized spacial score (nSPS) is 11.1. The number of hydrogen-bond acceptors (Lipinski definition) is 3. The van der Waals surface area contributed by atoms with E-state index in [1.807, 2.05) is 24.3 Å². The molecule has 0 aliphatic heterocycles. The van der Waals surface area contributed by atoms with Gasteiger partial charge < -0.3 is 11.1 Å². The highest BCUT2D eigenvalue weighted by atomic mass is 19.1. The summed E-state index contributed by atoms with van der Waals surface area (Å²) in [5.41, 5.74) is 8.32. The van der Waals surface area contributed by atoms with Crippen molar-refractivity contribution in [1.82, 2.24) is 0 Å². The summed E-state index contributed by atoms with van der Waals surface area (Å²) in [6.07, 6.45) is 1.83. The van der Waals surface area contributed by atoms with Gasteiger partial charge in [0.15, 0.2) is 0 Å². The van der Waals surface area contributed by atoms with Crippen LogP contribution in [0.3, 0.4) is 0 Å². The molecule has 2 aromatic carbocycles. The first-order valence-electron chi connectivity index (χ1n) is 7.29. The molecule has 2 rings (SSSR count). The van der Waals surface area contributed by atoms with E-state index in [1.165, 1.54) is 17.7 Å². The van der Waals surface area contributed by atoms with Crippen molar-refractivity contribution in [2.45, 2.75) is 19.3 Å². The van der Waals surface area contributed by atoms with E-state index in [0.717, 1.165) is 24.0 Å². The quantitative estimate of drug-likeness (QED) is 0.826. The van der Waals surface area contributed by atoms with Crippen LogP contribution < -0.4 is 11.1 Å². The van der Waals surface area contributed by atoms with E-state index in [4.69, 9.17) is 5.73 Å². The number of hydrogen-bond donors (Lipinski definition) is 2. The largest absolute Gasteiger partial charge is 0.388 e. The summed E-state index contributed by atoms with van der Waals surface area (Å²) in [6.45, 7) is 2.81. The van der Waals surface area contributed by atoms with Gasteiger partial charge in [-0.2, -0.15) is 0 Å². The molecule has 0 aromatic heterocycles. The van der Waals surface area contributed by atoms with Crippen LogP contribution in [-0.4, -0.2) is 19.9 Å². The van der Waals surface area contributed by atoms with Crippen LogP contribution >= 0.6 is 0 Å². The van der Waals surface area contributed by atoms with Gasteiger partial charge in [0, 0.05) is 18.3 Å². The van der Waals surface area contributed by atoms with Gasteiger partial charge in [-0.05, 0) is 54.8 Å². The molecule has 3 nitrogen and oxygen atoms in total. The monoisotopic (exact) mass is 302 g/mol. The van der Waals surface area contributed by atoms with Gasteiger partial charge in [-0.15, -0.1) is 0 Å². The molecular formula is C18H23FN2O. The maximum Gasteiger partial charge on any atom is 0.150 e. The van der Waals surface area contributed by atoms with E-state index in [2.05, 4.69) is 12.2 Å². The summed E-state index contributed by atoms with van der Waals surface area (Å²) in [5, 5.41) is 2.89. The first-order chi connectivity index (χ1) is 10.6. The van der Waals surface area contributed by atoms with Crippen molar-refractivity contribution in [2.24, 2.45) is 5.73 Å². The Balaban J connectivity index is 0.000000235. The Labute approximate surface area is 131 Å². The average Bonchev–Trinajstić information content (AvgIpc) is 2.56. The molecule has 0 aliphatic rings. The fourth-order valence-corrected chi connectivity index (χ4v) is 1.97. The molecule has 0 heterocycles. The van der Waals surface area contributed by atoms with E-state index >= 15 is 0 Å². The molecule has 4 heteroatoms. The zero-order valence-corrected chi connectivity index (χ0v) is 13.1. The minimum Gasteiger partial charge on any atom is -0.388 e.